The smallest absolute Gasteiger partial charge is 0.135 e. The Morgan fingerprint density at radius 2 is 2.22 bits per heavy atom. The van der Waals surface area contributed by atoms with Crippen molar-refractivity contribution in [3.63, 3.8) is 0 Å². The summed E-state index contributed by atoms with van der Waals surface area (Å²) in [6.07, 6.45) is 6.90. The van der Waals surface area contributed by atoms with Crippen molar-refractivity contribution in [3.05, 3.63) is 47.7 Å². The van der Waals surface area contributed by atoms with Gasteiger partial charge < -0.3 is 5.32 Å². The van der Waals surface area contributed by atoms with Gasteiger partial charge in [-0.1, -0.05) is 6.07 Å². The van der Waals surface area contributed by atoms with Gasteiger partial charge in [-0.25, -0.2) is 9.97 Å². The second kappa shape index (κ2) is 4.72. The lowest BCUT2D eigenvalue weighted by atomic mass is 10.2. The summed E-state index contributed by atoms with van der Waals surface area (Å²) >= 11 is 0. The maximum Gasteiger partial charge on any atom is 0.135 e. The minimum absolute atomic E-state index is 0.646. The first-order chi connectivity index (χ1) is 8.85. The second-order valence-electron chi connectivity index (χ2n) is 4.66. The Morgan fingerprint density at radius 1 is 1.33 bits per heavy atom. The third kappa shape index (κ3) is 2.47. The van der Waals surface area contributed by atoms with Crippen LogP contribution in [0.25, 0.3) is 0 Å². The van der Waals surface area contributed by atoms with Crippen molar-refractivity contribution in [3.8, 4) is 0 Å². The van der Waals surface area contributed by atoms with E-state index in [9.17, 15) is 0 Å². The number of hydrogen-bond donors (Lipinski definition) is 1. The molecule has 0 unspecified atom stereocenters. The van der Waals surface area contributed by atoms with Gasteiger partial charge in [0.1, 0.15) is 11.6 Å². The largest absolute Gasteiger partial charge is 0.373 e. The Morgan fingerprint density at radius 3 is 2.89 bits per heavy atom. The maximum atomic E-state index is 4.66. The summed E-state index contributed by atoms with van der Waals surface area (Å²) in [5.74, 6) is 2.43. The molecular formula is C14H16N4. The zero-order chi connectivity index (χ0) is 12.4. The van der Waals surface area contributed by atoms with Crippen molar-refractivity contribution < 1.29 is 0 Å². The highest BCUT2D eigenvalue weighted by molar-refractivity contribution is 5.38. The predicted octanol–water partition coefficient (Wildman–Crippen LogP) is 2.38. The predicted molar refractivity (Wildman–Crippen MR) is 70.6 cm³/mol. The van der Waals surface area contributed by atoms with Crippen LogP contribution in [0.15, 0.2) is 30.6 Å². The first kappa shape index (κ1) is 11.1. The highest BCUT2D eigenvalue weighted by Crippen LogP contribution is 2.39. The van der Waals surface area contributed by atoms with Gasteiger partial charge in [-0.2, -0.15) is 0 Å². The molecule has 4 nitrogen and oxygen atoms in total. The van der Waals surface area contributed by atoms with Crippen LogP contribution in [0.2, 0.25) is 0 Å². The molecule has 18 heavy (non-hydrogen) atoms. The number of nitrogens with zero attached hydrogens (tertiary/aromatic N) is 3. The molecule has 0 aliphatic heterocycles. The lowest BCUT2D eigenvalue weighted by molar-refractivity contribution is 0.899. The fraction of sp³-hybridized carbons (Fsp3) is 0.357. The molecule has 0 bridgehead atoms. The van der Waals surface area contributed by atoms with Crippen molar-refractivity contribution in [1.29, 1.82) is 0 Å². The molecule has 1 aliphatic rings. The third-order valence-corrected chi connectivity index (χ3v) is 3.13. The minimum atomic E-state index is 0.646. The summed E-state index contributed by atoms with van der Waals surface area (Å²) in [6.45, 7) is 0. The van der Waals surface area contributed by atoms with E-state index >= 15 is 0 Å². The van der Waals surface area contributed by atoms with Crippen LogP contribution >= 0.6 is 0 Å². The average Bonchev–Trinajstić information content (AvgIpc) is 3.24. The van der Waals surface area contributed by atoms with E-state index in [1.807, 2.05) is 19.3 Å². The molecule has 1 saturated carbocycles. The molecule has 0 amide bonds. The monoisotopic (exact) mass is 240 g/mol. The van der Waals surface area contributed by atoms with Crippen LogP contribution < -0.4 is 5.32 Å². The second-order valence-corrected chi connectivity index (χ2v) is 4.66. The van der Waals surface area contributed by atoms with E-state index in [4.69, 9.17) is 0 Å². The van der Waals surface area contributed by atoms with Crippen molar-refractivity contribution in [1.82, 2.24) is 15.0 Å². The molecule has 0 spiro atoms. The fourth-order valence-electron chi connectivity index (χ4n) is 2.00. The maximum absolute atomic E-state index is 4.66. The number of hydrogen-bond acceptors (Lipinski definition) is 4. The highest BCUT2D eigenvalue weighted by atomic mass is 15.0. The Kier molecular flexibility index (Phi) is 2.92. The van der Waals surface area contributed by atoms with Gasteiger partial charge in [-0.05, 0) is 24.5 Å². The Bertz CT molecular complexity index is 535. The molecule has 2 aromatic rings. The molecule has 4 heteroatoms. The van der Waals surface area contributed by atoms with Gasteiger partial charge in [0.15, 0.2) is 0 Å². The molecule has 0 saturated heterocycles. The standard InChI is InChI=1S/C14H16N4/c1-15-13-8-12(11-4-5-11)17-14(18-13)7-10-3-2-6-16-9-10/h2-3,6,8-9,11H,4-5,7H2,1H3,(H,15,17,18). The Labute approximate surface area is 107 Å². The van der Waals surface area contributed by atoms with E-state index in [0.29, 0.717) is 5.92 Å². The molecular weight excluding hydrogens is 224 g/mol. The van der Waals surface area contributed by atoms with Gasteiger partial charge in [0, 0.05) is 43.5 Å². The number of pyridine rings is 1. The summed E-state index contributed by atoms with van der Waals surface area (Å²) in [7, 11) is 1.90. The molecule has 0 radical (unpaired) electrons. The number of anilines is 1. The molecule has 1 fully saturated rings. The van der Waals surface area contributed by atoms with Crippen LogP contribution in [0.4, 0.5) is 5.82 Å². The number of aromatic nitrogens is 3. The molecule has 1 aliphatic carbocycles. The molecule has 92 valence electrons. The van der Waals surface area contributed by atoms with Gasteiger partial charge >= 0.3 is 0 Å². The molecule has 2 aromatic heterocycles. The van der Waals surface area contributed by atoms with E-state index in [1.54, 1.807) is 6.20 Å². The quantitative estimate of drug-likeness (QED) is 0.891. The average molecular weight is 240 g/mol. The van der Waals surface area contributed by atoms with Crippen LogP contribution in [0.3, 0.4) is 0 Å². The van der Waals surface area contributed by atoms with Crippen LogP contribution in [-0.2, 0) is 6.42 Å². The van der Waals surface area contributed by atoms with Crippen LogP contribution in [0, 0.1) is 0 Å². The summed E-state index contributed by atoms with van der Waals surface area (Å²) in [5, 5.41) is 3.11. The summed E-state index contributed by atoms with van der Waals surface area (Å²) in [5.41, 5.74) is 2.32. The first-order valence-electron chi connectivity index (χ1n) is 6.29. The zero-order valence-corrected chi connectivity index (χ0v) is 10.4. The van der Waals surface area contributed by atoms with Gasteiger partial charge in [0.2, 0.25) is 0 Å². The fourth-order valence-corrected chi connectivity index (χ4v) is 2.00. The van der Waals surface area contributed by atoms with Crippen molar-refractivity contribution >= 4 is 5.82 Å². The Hall–Kier alpha value is -1.97. The first-order valence-corrected chi connectivity index (χ1v) is 6.29. The van der Waals surface area contributed by atoms with Gasteiger partial charge in [-0.3, -0.25) is 4.98 Å². The molecule has 0 aromatic carbocycles. The van der Waals surface area contributed by atoms with Gasteiger partial charge in [0.25, 0.3) is 0 Å². The van der Waals surface area contributed by atoms with E-state index in [1.165, 1.54) is 18.5 Å². The van der Waals surface area contributed by atoms with Crippen LogP contribution in [0.5, 0.6) is 0 Å². The Balaban J connectivity index is 1.88. The molecule has 0 atom stereocenters. The SMILES string of the molecule is CNc1cc(C2CC2)nc(Cc2cccnc2)n1. The van der Waals surface area contributed by atoms with Crippen LogP contribution in [-0.4, -0.2) is 22.0 Å². The van der Waals surface area contributed by atoms with E-state index in [0.717, 1.165) is 23.6 Å². The van der Waals surface area contributed by atoms with Crippen LogP contribution in [0.1, 0.15) is 35.8 Å². The summed E-state index contributed by atoms with van der Waals surface area (Å²) < 4.78 is 0. The lowest BCUT2D eigenvalue weighted by Gasteiger charge is -2.07. The number of rotatable bonds is 4. The molecule has 3 rings (SSSR count). The van der Waals surface area contributed by atoms with E-state index in [-0.39, 0.29) is 0 Å². The normalized spacial score (nSPS) is 14.5. The third-order valence-electron chi connectivity index (χ3n) is 3.13. The molecule has 2 heterocycles. The molecule has 1 N–H and O–H groups in total. The van der Waals surface area contributed by atoms with E-state index in [2.05, 4.69) is 32.4 Å². The topological polar surface area (TPSA) is 50.7 Å². The highest BCUT2D eigenvalue weighted by Gasteiger charge is 2.26. The lowest BCUT2D eigenvalue weighted by Crippen LogP contribution is -2.04. The van der Waals surface area contributed by atoms with Crippen molar-refractivity contribution in [2.75, 3.05) is 12.4 Å². The van der Waals surface area contributed by atoms with Gasteiger partial charge in [0.05, 0.1) is 0 Å². The zero-order valence-electron chi connectivity index (χ0n) is 10.4. The van der Waals surface area contributed by atoms with Crippen molar-refractivity contribution in [2.45, 2.75) is 25.2 Å². The van der Waals surface area contributed by atoms with Gasteiger partial charge in [-0.15, -0.1) is 0 Å². The van der Waals surface area contributed by atoms with E-state index < -0.39 is 0 Å². The number of nitrogens with one attached hydrogen (secondary N) is 1. The summed E-state index contributed by atoms with van der Waals surface area (Å²) in [6, 6.07) is 6.06. The summed E-state index contributed by atoms with van der Waals surface area (Å²) in [4.78, 5) is 13.3. The van der Waals surface area contributed by atoms with Crippen molar-refractivity contribution in [2.24, 2.45) is 0 Å². The minimum Gasteiger partial charge on any atom is -0.373 e.